The summed E-state index contributed by atoms with van der Waals surface area (Å²) in [5.74, 6) is 1.27. The van der Waals surface area contributed by atoms with Crippen molar-refractivity contribution in [2.24, 2.45) is 0 Å². The summed E-state index contributed by atoms with van der Waals surface area (Å²) in [6, 6.07) is 22.3. The maximum atomic E-state index is 12.1. The van der Waals surface area contributed by atoms with Crippen molar-refractivity contribution in [2.75, 3.05) is 12.4 Å². The third kappa shape index (κ3) is 5.00. The van der Waals surface area contributed by atoms with E-state index in [0.29, 0.717) is 18.9 Å². The Morgan fingerprint density at radius 2 is 1.84 bits per heavy atom. The minimum Gasteiger partial charge on any atom is -0.494 e. The first kappa shape index (κ1) is 17.4. The lowest BCUT2D eigenvalue weighted by molar-refractivity contribution is -0.118. The van der Waals surface area contributed by atoms with Crippen LogP contribution >= 0.6 is 11.8 Å². The topological polar surface area (TPSA) is 38.3 Å². The van der Waals surface area contributed by atoms with Gasteiger partial charge in [-0.2, -0.15) is 0 Å². The monoisotopic (exact) mass is 351 g/mol. The Kier molecular flexibility index (Phi) is 5.96. The highest BCUT2D eigenvalue weighted by atomic mass is 32.2. The summed E-state index contributed by atoms with van der Waals surface area (Å²) in [5.41, 5.74) is 1.04. The predicted octanol–water partition coefficient (Wildman–Crippen LogP) is 4.65. The summed E-state index contributed by atoms with van der Waals surface area (Å²) >= 11 is 1.55. The summed E-state index contributed by atoms with van der Waals surface area (Å²) in [5, 5.41) is 5.37. The van der Waals surface area contributed by atoms with E-state index in [0.717, 1.165) is 16.2 Å². The summed E-state index contributed by atoms with van der Waals surface area (Å²) < 4.78 is 5.48. The molecule has 0 aliphatic rings. The number of carbonyl (C=O) groups excluding carboxylic acids is 1. The van der Waals surface area contributed by atoms with Gasteiger partial charge in [-0.05, 0) is 47.5 Å². The average Bonchev–Trinajstić information content (AvgIpc) is 2.65. The van der Waals surface area contributed by atoms with Crippen molar-refractivity contribution in [3.05, 3.63) is 72.3 Å². The Morgan fingerprint density at radius 3 is 2.68 bits per heavy atom. The van der Waals surface area contributed by atoms with E-state index >= 15 is 0 Å². The van der Waals surface area contributed by atoms with E-state index in [1.165, 1.54) is 10.8 Å². The van der Waals surface area contributed by atoms with Gasteiger partial charge in [0.25, 0.3) is 0 Å². The molecular formula is C21H21NO2S. The molecule has 3 aromatic rings. The number of hydrogen-bond acceptors (Lipinski definition) is 3. The molecular weight excluding hydrogens is 330 g/mol. The Hall–Kier alpha value is -2.46. The number of fused-ring (bicyclic) bond motifs is 1. The first-order chi connectivity index (χ1) is 12.2. The van der Waals surface area contributed by atoms with E-state index in [2.05, 4.69) is 35.6 Å². The summed E-state index contributed by atoms with van der Waals surface area (Å²) in [7, 11) is 0. The molecule has 25 heavy (non-hydrogen) atoms. The molecule has 0 atom stereocenters. The van der Waals surface area contributed by atoms with Gasteiger partial charge in [0.1, 0.15) is 5.75 Å². The van der Waals surface area contributed by atoms with Crippen LogP contribution in [0.1, 0.15) is 12.5 Å². The van der Waals surface area contributed by atoms with Crippen molar-refractivity contribution >= 4 is 28.4 Å². The van der Waals surface area contributed by atoms with Crippen LogP contribution in [0.3, 0.4) is 0 Å². The largest absolute Gasteiger partial charge is 0.494 e. The van der Waals surface area contributed by atoms with Gasteiger partial charge in [-0.3, -0.25) is 4.79 Å². The van der Waals surface area contributed by atoms with E-state index in [-0.39, 0.29) is 5.91 Å². The van der Waals surface area contributed by atoms with Crippen LogP contribution in [0.25, 0.3) is 10.8 Å². The van der Waals surface area contributed by atoms with E-state index in [9.17, 15) is 4.79 Å². The van der Waals surface area contributed by atoms with Crippen LogP contribution in [0.2, 0.25) is 0 Å². The van der Waals surface area contributed by atoms with E-state index in [1.54, 1.807) is 11.8 Å². The van der Waals surface area contributed by atoms with Crippen LogP contribution in [0.15, 0.2) is 71.6 Å². The van der Waals surface area contributed by atoms with Crippen molar-refractivity contribution in [2.45, 2.75) is 18.4 Å². The van der Waals surface area contributed by atoms with Crippen molar-refractivity contribution in [1.29, 1.82) is 0 Å². The van der Waals surface area contributed by atoms with Gasteiger partial charge < -0.3 is 10.1 Å². The van der Waals surface area contributed by atoms with Gasteiger partial charge in [0.2, 0.25) is 5.91 Å². The number of hydrogen-bond donors (Lipinski definition) is 1. The zero-order chi connectivity index (χ0) is 17.5. The zero-order valence-corrected chi connectivity index (χ0v) is 15.0. The number of amides is 1. The van der Waals surface area contributed by atoms with Gasteiger partial charge in [-0.15, -0.1) is 11.8 Å². The molecule has 0 aliphatic heterocycles. The molecule has 3 aromatic carbocycles. The summed E-state index contributed by atoms with van der Waals surface area (Å²) in [4.78, 5) is 13.2. The second kappa shape index (κ2) is 8.58. The molecule has 3 rings (SSSR count). The minimum atomic E-state index is 0.0278. The molecule has 128 valence electrons. The second-order valence-electron chi connectivity index (χ2n) is 5.65. The van der Waals surface area contributed by atoms with Crippen molar-refractivity contribution in [1.82, 2.24) is 5.32 Å². The molecule has 0 unspecified atom stereocenters. The molecule has 0 saturated carbocycles. The number of thioether (sulfide) groups is 1. The molecule has 1 N–H and O–H groups in total. The maximum absolute atomic E-state index is 12.1. The standard InChI is InChI=1S/C21H21NO2S/c1-2-24-19-9-5-6-16(12-19)14-22-21(23)15-25-20-11-10-17-7-3-4-8-18(17)13-20/h3-13H,2,14-15H2,1H3,(H,22,23). The van der Waals surface area contributed by atoms with Gasteiger partial charge in [-0.25, -0.2) is 0 Å². The number of rotatable bonds is 7. The molecule has 0 spiro atoms. The van der Waals surface area contributed by atoms with E-state index in [1.807, 2.05) is 43.3 Å². The number of ether oxygens (including phenoxy) is 1. The van der Waals surface area contributed by atoms with E-state index in [4.69, 9.17) is 4.74 Å². The van der Waals surface area contributed by atoms with Crippen LogP contribution in [-0.2, 0) is 11.3 Å². The van der Waals surface area contributed by atoms with Crippen molar-refractivity contribution < 1.29 is 9.53 Å². The molecule has 0 aliphatic carbocycles. The van der Waals surface area contributed by atoms with Gasteiger partial charge in [0.15, 0.2) is 0 Å². The molecule has 0 fully saturated rings. The third-order valence-corrected chi connectivity index (χ3v) is 4.78. The quantitative estimate of drug-likeness (QED) is 0.630. The molecule has 4 heteroatoms. The number of benzene rings is 3. The fourth-order valence-electron chi connectivity index (χ4n) is 2.57. The van der Waals surface area contributed by atoms with Crippen LogP contribution in [0.5, 0.6) is 5.75 Å². The van der Waals surface area contributed by atoms with Crippen molar-refractivity contribution in [3.63, 3.8) is 0 Å². The number of carbonyl (C=O) groups is 1. The lowest BCUT2D eigenvalue weighted by Crippen LogP contribution is -2.24. The molecule has 3 nitrogen and oxygen atoms in total. The lowest BCUT2D eigenvalue weighted by atomic mass is 10.1. The van der Waals surface area contributed by atoms with Gasteiger partial charge in [0.05, 0.1) is 12.4 Å². The Morgan fingerprint density at radius 1 is 1.00 bits per heavy atom. The van der Waals surface area contributed by atoms with Gasteiger partial charge in [0, 0.05) is 11.4 Å². The predicted molar refractivity (Wildman–Crippen MR) is 104 cm³/mol. The minimum absolute atomic E-state index is 0.0278. The summed E-state index contributed by atoms with van der Waals surface area (Å²) in [6.07, 6.45) is 0. The lowest BCUT2D eigenvalue weighted by Gasteiger charge is -2.08. The molecule has 0 aromatic heterocycles. The van der Waals surface area contributed by atoms with Crippen LogP contribution < -0.4 is 10.1 Å². The highest BCUT2D eigenvalue weighted by Crippen LogP contribution is 2.23. The molecule has 0 heterocycles. The smallest absolute Gasteiger partial charge is 0.230 e. The highest BCUT2D eigenvalue weighted by Gasteiger charge is 2.04. The molecule has 0 saturated heterocycles. The highest BCUT2D eigenvalue weighted by molar-refractivity contribution is 8.00. The Bertz CT molecular complexity index is 863. The van der Waals surface area contributed by atoms with Crippen molar-refractivity contribution in [3.8, 4) is 5.75 Å². The fraction of sp³-hybridized carbons (Fsp3) is 0.190. The normalized spacial score (nSPS) is 10.6. The van der Waals surface area contributed by atoms with E-state index < -0.39 is 0 Å². The maximum Gasteiger partial charge on any atom is 0.230 e. The van der Waals surface area contributed by atoms with Crippen LogP contribution in [0, 0.1) is 0 Å². The fourth-order valence-corrected chi connectivity index (χ4v) is 3.34. The Balaban J connectivity index is 1.51. The van der Waals surface area contributed by atoms with Gasteiger partial charge in [-0.1, -0.05) is 42.5 Å². The SMILES string of the molecule is CCOc1cccc(CNC(=O)CSc2ccc3ccccc3c2)c1. The average molecular weight is 351 g/mol. The van der Waals surface area contributed by atoms with Gasteiger partial charge >= 0.3 is 0 Å². The number of nitrogens with one attached hydrogen (secondary N) is 1. The second-order valence-corrected chi connectivity index (χ2v) is 6.70. The Labute approximate surface area is 152 Å². The molecule has 1 amide bonds. The van der Waals surface area contributed by atoms with Crippen LogP contribution in [0.4, 0.5) is 0 Å². The first-order valence-corrected chi connectivity index (χ1v) is 9.33. The zero-order valence-electron chi connectivity index (χ0n) is 14.2. The molecule has 0 radical (unpaired) electrons. The summed E-state index contributed by atoms with van der Waals surface area (Å²) in [6.45, 7) is 3.11. The third-order valence-electron chi connectivity index (χ3n) is 3.79. The molecule has 0 bridgehead atoms. The van der Waals surface area contributed by atoms with Crippen LogP contribution in [-0.4, -0.2) is 18.3 Å². The first-order valence-electron chi connectivity index (χ1n) is 8.34.